The number of halogens is 2. The van der Waals surface area contributed by atoms with Gasteiger partial charge in [-0.05, 0) is 50.4 Å². The van der Waals surface area contributed by atoms with E-state index in [2.05, 4.69) is 36.8 Å². The smallest absolute Gasteiger partial charge is 0.109 e. The van der Waals surface area contributed by atoms with E-state index in [0.717, 1.165) is 14.6 Å². The maximum absolute atomic E-state index is 8.82. The number of hydrogen-bond acceptors (Lipinski definition) is 2. The van der Waals surface area contributed by atoms with Crippen LogP contribution in [-0.4, -0.2) is 10.1 Å². The van der Waals surface area contributed by atoms with Crippen LogP contribution in [0.4, 0.5) is 0 Å². The first-order chi connectivity index (χ1) is 5.15. The molecule has 0 unspecified atom stereocenters. The quantitative estimate of drug-likeness (QED) is 0.802. The maximum atomic E-state index is 8.82. The Morgan fingerprint density at radius 1 is 1.55 bits per heavy atom. The van der Waals surface area contributed by atoms with Gasteiger partial charge in [0.1, 0.15) is 4.60 Å². The number of aliphatic hydroxyl groups excluding tert-OH is 1. The number of rotatable bonds is 1. The summed E-state index contributed by atoms with van der Waals surface area (Å²) in [6.45, 7) is 1.91. The fourth-order valence-corrected chi connectivity index (χ4v) is 1.59. The molecule has 0 fully saturated rings. The van der Waals surface area contributed by atoms with Gasteiger partial charge in [0.25, 0.3) is 0 Å². The second-order valence-corrected chi connectivity index (χ2v) is 3.79. The zero-order valence-electron chi connectivity index (χ0n) is 5.93. The van der Waals surface area contributed by atoms with Crippen LogP contribution in [0.3, 0.4) is 0 Å². The minimum atomic E-state index is -0.0422. The molecule has 0 radical (unpaired) electrons. The number of nitrogens with zero attached hydrogens (tertiary/aromatic N) is 1. The van der Waals surface area contributed by atoms with Crippen molar-refractivity contribution < 1.29 is 5.11 Å². The zero-order valence-corrected chi connectivity index (χ0v) is 9.11. The van der Waals surface area contributed by atoms with E-state index >= 15 is 0 Å². The lowest BCUT2D eigenvalue weighted by Gasteiger charge is -2.02. The van der Waals surface area contributed by atoms with Gasteiger partial charge in [-0.2, -0.15) is 0 Å². The Hall–Kier alpha value is 0.0700. The molecule has 0 amide bonds. The summed E-state index contributed by atoms with van der Waals surface area (Å²) < 4.78 is 1.63. The second kappa shape index (κ2) is 3.65. The highest BCUT2D eigenvalue weighted by molar-refractivity contribution is 9.11. The van der Waals surface area contributed by atoms with Crippen molar-refractivity contribution in [1.82, 2.24) is 4.98 Å². The van der Waals surface area contributed by atoms with Crippen LogP contribution in [-0.2, 0) is 6.61 Å². The SMILES string of the molecule is Cc1cc(Br)c(CO)nc1Br. The van der Waals surface area contributed by atoms with Crippen LogP contribution in [0.2, 0.25) is 0 Å². The molecule has 0 spiro atoms. The molecule has 0 aliphatic rings. The normalized spacial score (nSPS) is 10.2. The van der Waals surface area contributed by atoms with Crippen molar-refractivity contribution in [2.24, 2.45) is 0 Å². The molecule has 0 atom stereocenters. The average Bonchev–Trinajstić information content (AvgIpc) is 1.97. The highest BCUT2D eigenvalue weighted by Gasteiger charge is 2.03. The molecule has 1 rings (SSSR count). The molecule has 1 heterocycles. The van der Waals surface area contributed by atoms with Crippen molar-refractivity contribution in [3.8, 4) is 0 Å². The number of aliphatic hydroxyl groups is 1. The van der Waals surface area contributed by atoms with Crippen LogP contribution in [0.15, 0.2) is 15.1 Å². The van der Waals surface area contributed by atoms with Gasteiger partial charge in [-0.1, -0.05) is 0 Å². The van der Waals surface area contributed by atoms with Gasteiger partial charge in [-0.15, -0.1) is 0 Å². The zero-order chi connectivity index (χ0) is 8.43. The van der Waals surface area contributed by atoms with Gasteiger partial charge in [-0.25, -0.2) is 4.98 Å². The summed E-state index contributed by atoms with van der Waals surface area (Å²) in [6.07, 6.45) is 0. The van der Waals surface area contributed by atoms with Crippen molar-refractivity contribution in [2.45, 2.75) is 13.5 Å². The van der Waals surface area contributed by atoms with E-state index in [0.29, 0.717) is 5.69 Å². The van der Waals surface area contributed by atoms with E-state index in [4.69, 9.17) is 5.11 Å². The van der Waals surface area contributed by atoms with Gasteiger partial charge in [0.15, 0.2) is 0 Å². The predicted molar refractivity (Wildman–Crippen MR) is 50.3 cm³/mol. The molecule has 2 nitrogen and oxygen atoms in total. The summed E-state index contributed by atoms with van der Waals surface area (Å²) in [4.78, 5) is 4.11. The van der Waals surface area contributed by atoms with Gasteiger partial charge >= 0.3 is 0 Å². The third kappa shape index (κ3) is 2.01. The Balaban J connectivity index is 3.21. The lowest BCUT2D eigenvalue weighted by molar-refractivity contribution is 0.275. The van der Waals surface area contributed by atoms with Crippen LogP contribution < -0.4 is 0 Å². The molecular weight excluding hydrogens is 274 g/mol. The molecule has 1 N–H and O–H groups in total. The van der Waals surface area contributed by atoms with Gasteiger partial charge in [-0.3, -0.25) is 0 Å². The Bertz CT molecular complexity index is 275. The Labute approximate surface area is 81.9 Å². The van der Waals surface area contributed by atoms with Crippen molar-refractivity contribution in [3.63, 3.8) is 0 Å². The third-order valence-corrected chi connectivity index (χ3v) is 2.82. The van der Waals surface area contributed by atoms with Crippen molar-refractivity contribution in [2.75, 3.05) is 0 Å². The van der Waals surface area contributed by atoms with Gasteiger partial charge < -0.3 is 5.11 Å². The number of aromatic nitrogens is 1. The largest absolute Gasteiger partial charge is 0.390 e. The summed E-state index contributed by atoms with van der Waals surface area (Å²) in [5.74, 6) is 0. The van der Waals surface area contributed by atoms with E-state index in [1.54, 1.807) is 0 Å². The van der Waals surface area contributed by atoms with E-state index in [-0.39, 0.29) is 6.61 Å². The molecule has 1 aromatic heterocycles. The molecule has 0 aromatic carbocycles. The highest BCUT2D eigenvalue weighted by atomic mass is 79.9. The predicted octanol–water partition coefficient (Wildman–Crippen LogP) is 2.41. The first kappa shape index (κ1) is 9.16. The minimum Gasteiger partial charge on any atom is -0.390 e. The first-order valence-electron chi connectivity index (χ1n) is 3.07. The van der Waals surface area contributed by atoms with E-state index in [1.807, 2.05) is 13.0 Å². The summed E-state index contributed by atoms with van der Waals surface area (Å²) in [5.41, 5.74) is 1.71. The van der Waals surface area contributed by atoms with Crippen LogP contribution in [0.1, 0.15) is 11.3 Å². The highest BCUT2D eigenvalue weighted by Crippen LogP contribution is 2.21. The molecule has 0 bridgehead atoms. The van der Waals surface area contributed by atoms with Gasteiger partial charge in [0.2, 0.25) is 0 Å². The fourth-order valence-electron chi connectivity index (χ4n) is 0.704. The summed E-state index contributed by atoms with van der Waals surface area (Å²) in [6, 6.07) is 1.92. The van der Waals surface area contributed by atoms with E-state index in [1.165, 1.54) is 0 Å². The molecule has 0 aliphatic carbocycles. The molecule has 11 heavy (non-hydrogen) atoms. The molecule has 0 aliphatic heterocycles. The first-order valence-corrected chi connectivity index (χ1v) is 4.66. The third-order valence-electron chi connectivity index (χ3n) is 1.33. The van der Waals surface area contributed by atoms with Crippen molar-refractivity contribution in [1.29, 1.82) is 0 Å². The molecule has 4 heteroatoms. The second-order valence-electron chi connectivity index (χ2n) is 2.18. The summed E-state index contributed by atoms with van der Waals surface area (Å²) >= 11 is 6.58. The van der Waals surface area contributed by atoms with Gasteiger partial charge in [0, 0.05) is 4.47 Å². The minimum absolute atomic E-state index is 0.0422. The molecular formula is C7H7Br2NO. The van der Waals surface area contributed by atoms with Crippen molar-refractivity contribution in [3.05, 3.63) is 26.4 Å². The Morgan fingerprint density at radius 2 is 2.18 bits per heavy atom. The van der Waals surface area contributed by atoms with Crippen LogP contribution in [0.25, 0.3) is 0 Å². The lowest BCUT2D eigenvalue weighted by Crippen LogP contribution is -1.93. The molecule has 0 saturated carbocycles. The topological polar surface area (TPSA) is 33.1 Å². The Morgan fingerprint density at radius 3 is 2.73 bits per heavy atom. The summed E-state index contributed by atoms with van der Waals surface area (Å²) in [7, 11) is 0. The number of aryl methyl sites for hydroxylation is 1. The van der Waals surface area contributed by atoms with Crippen LogP contribution in [0, 0.1) is 6.92 Å². The van der Waals surface area contributed by atoms with E-state index in [9.17, 15) is 0 Å². The number of pyridine rings is 1. The monoisotopic (exact) mass is 279 g/mol. The maximum Gasteiger partial charge on any atom is 0.109 e. The molecule has 60 valence electrons. The fraction of sp³-hybridized carbons (Fsp3) is 0.286. The van der Waals surface area contributed by atoms with Crippen LogP contribution >= 0.6 is 31.9 Å². The Kier molecular flexibility index (Phi) is 3.04. The summed E-state index contributed by atoms with van der Waals surface area (Å²) in [5, 5.41) is 8.82. The van der Waals surface area contributed by atoms with Crippen LogP contribution in [0.5, 0.6) is 0 Å². The van der Waals surface area contributed by atoms with Crippen molar-refractivity contribution >= 4 is 31.9 Å². The van der Waals surface area contributed by atoms with Gasteiger partial charge in [0.05, 0.1) is 12.3 Å². The number of hydrogen-bond donors (Lipinski definition) is 1. The molecule has 1 aromatic rings. The average molecular weight is 281 g/mol. The van der Waals surface area contributed by atoms with E-state index < -0.39 is 0 Å². The lowest BCUT2D eigenvalue weighted by atomic mass is 10.3. The molecule has 0 saturated heterocycles. The standard InChI is InChI=1S/C7H7Br2NO/c1-4-2-5(8)6(3-11)10-7(4)9/h2,11H,3H2,1H3.